The summed E-state index contributed by atoms with van der Waals surface area (Å²) in [6.45, 7) is 0. The van der Waals surface area contributed by atoms with Gasteiger partial charge in [-0.15, -0.1) is 0 Å². The van der Waals surface area contributed by atoms with Crippen LogP contribution in [0, 0.1) is 16.4 Å². The lowest BCUT2D eigenvalue weighted by molar-refractivity contribution is 0.0695. The van der Waals surface area contributed by atoms with Crippen molar-refractivity contribution in [2.45, 2.75) is 25.7 Å². The molecule has 32 heavy (non-hydrogen) atoms. The Kier molecular flexibility index (Phi) is 5.22. The quantitative estimate of drug-likeness (QED) is 0.580. The maximum absolute atomic E-state index is 11.7. The van der Waals surface area contributed by atoms with Gasteiger partial charge in [-0.2, -0.15) is 0 Å². The Morgan fingerprint density at radius 3 is 2.34 bits per heavy atom. The Morgan fingerprint density at radius 1 is 0.906 bits per heavy atom. The zero-order valence-corrected chi connectivity index (χ0v) is 18.9. The van der Waals surface area contributed by atoms with E-state index in [1.54, 1.807) is 0 Å². The van der Waals surface area contributed by atoms with Crippen molar-refractivity contribution >= 4 is 40.0 Å². The number of hydrogen-bond acceptors (Lipinski definition) is 2. The van der Waals surface area contributed by atoms with Crippen molar-refractivity contribution in [3.8, 4) is 0 Å². The summed E-state index contributed by atoms with van der Waals surface area (Å²) in [6.07, 6.45) is 7.54. The van der Waals surface area contributed by atoms with Crippen molar-refractivity contribution in [2.24, 2.45) is 5.92 Å². The van der Waals surface area contributed by atoms with Crippen LogP contribution in [0.4, 0.5) is 0 Å². The minimum Gasteiger partial charge on any atom is -0.478 e. The van der Waals surface area contributed by atoms with Crippen LogP contribution in [0.2, 0.25) is 0 Å². The summed E-state index contributed by atoms with van der Waals surface area (Å²) in [5, 5.41) is 24.1. The first-order chi connectivity index (χ1) is 15.4. The molecule has 0 aliphatic heterocycles. The lowest BCUT2D eigenvalue weighted by Crippen LogP contribution is -2.24. The van der Waals surface area contributed by atoms with Crippen molar-refractivity contribution in [1.82, 2.24) is 0 Å². The number of rotatable bonds is 4. The van der Waals surface area contributed by atoms with Crippen molar-refractivity contribution in [3.05, 3.63) is 102 Å². The molecule has 0 fully saturated rings. The van der Waals surface area contributed by atoms with Gasteiger partial charge >= 0.3 is 11.9 Å². The Bertz CT molecular complexity index is 1470. The van der Waals surface area contributed by atoms with Gasteiger partial charge in [0.2, 0.25) is 0 Å². The monoisotopic (exact) mass is 488 g/mol. The van der Waals surface area contributed by atoms with Gasteiger partial charge in [0, 0.05) is 4.47 Å². The van der Waals surface area contributed by atoms with E-state index in [0.29, 0.717) is 12.0 Å². The molecule has 1 atom stereocenters. The van der Waals surface area contributed by atoms with Gasteiger partial charge in [0.05, 0.1) is 11.1 Å². The zero-order valence-electron chi connectivity index (χ0n) is 17.3. The average Bonchev–Trinajstić information content (AvgIpc) is 2.78. The number of halogens is 1. The Balaban J connectivity index is 1.60. The van der Waals surface area contributed by atoms with Crippen molar-refractivity contribution in [3.63, 3.8) is 0 Å². The Morgan fingerprint density at radius 2 is 1.62 bits per heavy atom. The second kappa shape index (κ2) is 8.06. The molecule has 4 nitrogen and oxygen atoms in total. The second-order valence-corrected chi connectivity index (χ2v) is 9.33. The van der Waals surface area contributed by atoms with Crippen LogP contribution in [0.25, 0.3) is 12.2 Å². The van der Waals surface area contributed by atoms with Crippen LogP contribution in [-0.2, 0) is 19.3 Å². The molecule has 0 heterocycles. The summed E-state index contributed by atoms with van der Waals surface area (Å²) < 4.78 is 1.08. The molecule has 0 saturated heterocycles. The zero-order chi connectivity index (χ0) is 22.4. The highest BCUT2D eigenvalue weighted by Crippen LogP contribution is 2.27. The average molecular weight is 489 g/mol. The fourth-order valence-electron chi connectivity index (χ4n) is 5.11. The number of benzene rings is 3. The fourth-order valence-corrected chi connectivity index (χ4v) is 5.48. The fraction of sp³-hybridized carbons (Fsp3) is 0.185. The third-order valence-corrected chi connectivity index (χ3v) is 7.07. The van der Waals surface area contributed by atoms with Crippen molar-refractivity contribution in [2.75, 3.05) is 0 Å². The van der Waals surface area contributed by atoms with Gasteiger partial charge < -0.3 is 10.2 Å². The van der Waals surface area contributed by atoms with E-state index in [2.05, 4.69) is 58.4 Å². The molecule has 160 valence electrons. The van der Waals surface area contributed by atoms with E-state index in [9.17, 15) is 19.8 Å². The molecular formula is C27H21BrO4. The van der Waals surface area contributed by atoms with Gasteiger partial charge in [0.15, 0.2) is 0 Å². The van der Waals surface area contributed by atoms with E-state index in [4.69, 9.17) is 0 Å². The summed E-state index contributed by atoms with van der Waals surface area (Å²) >= 11 is 3.55. The first kappa shape index (κ1) is 20.7. The number of carboxylic acids is 2. The third kappa shape index (κ3) is 3.56. The molecule has 0 amide bonds. The van der Waals surface area contributed by atoms with Crippen LogP contribution in [0.3, 0.4) is 0 Å². The van der Waals surface area contributed by atoms with Gasteiger partial charge in [-0.05, 0) is 93.4 Å². The van der Waals surface area contributed by atoms with E-state index in [0.717, 1.165) is 23.7 Å². The highest BCUT2D eigenvalue weighted by Gasteiger charge is 2.23. The molecule has 5 rings (SSSR count). The van der Waals surface area contributed by atoms with Crippen LogP contribution >= 0.6 is 15.9 Å². The van der Waals surface area contributed by atoms with Gasteiger partial charge in [-0.3, -0.25) is 0 Å². The van der Waals surface area contributed by atoms with Gasteiger partial charge in [-0.1, -0.05) is 52.3 Å². The minimum absolute atomic E-state index is 0.0758. The summed E-state index contributed by atoms with van der Waals surface area (Å²) in [6, 6.07) is 15.2. The highest BCUT2D eigenvalue weighted by atomic mass is 79.9. The summed E-state index contributed by atoms with van der Waals surface area (Å²) in [7, 11) is 0. The summed E-state index contributed by atoms with van der Waals surface area (Å²) in [5.74, 6) is -2.08. The van der Waals surface area contributed by atoms with E-state index in [-0.39, 0.29) is 17.0 Å². The Labute approximate surface area is 193 Å². The SMILES string of the molecule is O=C(O)c1cccc(C(=O)O)c1CC1C=c2ccc3c(c2CC1)CC=c1cc(Br)ccc1=3. The number of carbonyl (C=O) groups is 2. The molecule has 3 aromatic carbocycles. The standard InChI is InChI=1S/C27H21BrO4/c28-18-7-11-20-17(14-18)6-10-21-19-8-4-15(12-16(19)5-9-22(20)21)13-25-23(26(29)30)2-1-3-24(25)27(31)32/h1-3,5-7,9,11-12,14-15H,4,8,10,13H2,(H,29,30)(H,31,32). The number of carboxylic acid groups (broad SMARTS) is 2. The predicted molar refractivity (Wildman–Crippen MR) is 126 cm³/mol. The third-order valence-electron chi connectivity index (χ3n) is 6.58. The maximum Gasteiger partial charge on any atom is 0.335 e. The van der Waals surface area contributed by atoms with Crippen LogP contribution in [0.15, 0.2) is 53.0 Å². The van der Waals surface area contributed by atoms with Gasteiger partial charge in [-0.25, -0.2) is 9.59 Å². The van der Waals surface area contributed by atoms with Crippen molar-refractivity contribution < 1.29 is 19.8 Å². The molecule has 0 spiro atoms. The first-order valence-corrected chi connectivity index (χ1v) is 11.4. The highest BCUT2D eigenvalue weighted by molar-refractivity contribution is 9.10. The first-order valence-electron chi connectivity index (χ1n) is 10.6. The number of hydrogen-bond donors (Lipinski definition) is 2. The smallest absolute Gasteiger partial charge is 0.335 e. The topological polar surface area (TPSA) is 74.6 Å². The Hall–Kier alpha value is -3.18. The molecule has 0 saturated carbocycles. The lowest BCUT2D eigenvalue weighted by Gasteiger charge is -2.23. The van der Waals surface area contributed by atoms with Gasteiger partial charge in [0.1, 0.15) is 0 Å². The normalized spacial score (nSPS) is 16.1. The number of fused-ring (bicyclic) bond motifs is 4. The van der Waals surface area contributed by atoms with Crippen LogP contribution in [0.5, 0.6) is 0 Å². The second-order valence-electron chi connectivity index (χ2n) is 8.41. The van der Waals surface area contributed by atoms with Crippen LogP contribution < -0.4 is 10.4 Å². The molecule has 3 aromatic rings. The van der Waals surface area contributed by atoms with Crippen molar-refractivity contribution in [1.29, 1.82) is 0 Å². The minimum atomic E-state index is -1.09. The van der Waals surface area contributed by atoms with E-state index in [1.807, 2.05) is 0 Å². The largest absolute Gasteiger partial charge is 0.478 e. The van der Waals surface area contributed by atoms with E-state index >= 15 is 0 Å². The summed E-state index contributed by atoms with van der Waals surface area (Å²) in [4.78, 5) is 23.4. The predicted octanol–water partition coefficient (Wildman–Crippen LogP) is 4.05. The van der Waals surface area contributed by atoms with Gasteiger partial charge in [0.25, 0.3) is 0 Å². The molecule has 2 N–H and O–H groups in total. The number of aromatic carboxylic acids is 2. The molecule has 5 heteroatoms. The summed E-state index contributed by atoms with van der Waals surface area (Å²) in [5.41, 5.74) is 3.28. The van der Waals surface area contributed by atoms with E-state index in [1.165, 1.54) is 50.2 Å². The molecule has 0 radical (unpaired) electrons. The van der Waals surface area contributed by atoms with E-state index < -0.39 is 11.9 Å². The molecule has 2 aliphatic rings. The molecule has 2 aliphatic carbocycles. The molecular weight excluding hydrogens is 468 g/mol. The molecule has 1 unspecified atom stereocenters. The van der Waals surface area contributed by atoms with Crippen LogP contribution in [-0.4, -0.2) is 22.2 Å². The lowest BCUT2D eigenvalue weighted by atomic mass is 9.81. The molecule has 0 aromatic heterocycles. The molecule has 0 bridgehead atoms. The maximum atomic E-state index is 11.7. The van der Waals surface area contributed by atoms with Crippen LogP contribution in [0.1, 0.15) is 43.8 Å².